The number of benzene rings is 1. The Hall–Kier alpha value is -3.03. The van der Waals surface area contributed by atoms with Gasteiger partial charge in [0.15, 0.2) is 0 Å². The van der Waals surface area contributed by atoms with Crippen molar-refractivity contribution in [1.82, 2.24) is 15.2 Å². The van der Waals surface area contributed by atoms with Crippen molar-refractivity contribution < 1.29 is 23.9 Å². The number of H-pyrrole nitrogens is 1. The standard InChI is InChI=1S/C21H27N3O5/c1-12(22-20(27)29-21(2,3)4)18(25)24-11-16-14(10-17(24)19(26)28-5)13-8-6-7-9-15(13)23-16/h6-9,12,17,23H,10-11H2,1-5H3,(H,22,27)/t12-,17+/m1/s1. The highest BCUT2D eigenvalue weighted by molar-refractivity contribution is 5.92. The minimum atomic E-state index is -0.858. The molecule has 2 N–H and O–H groups in total. The molecule has 0 bridgehead atoms. The Labute approximate surface area is 169 Å². The second kappa shape index (κ2) is 7.77. The van der Waals surface area contributed by atoms with Gasteiger partial charge in [0.1, 0.15) is 17.7 Å². The summed E-state index contributed by atoms with van der Waals surface area (Å²) in [4.78, 5) is 42.4. The van der Waals surface area contributed by atoms with Gasteiger partial charge in [-0.05, 0) is 39.3 Å². The Morgan fingerprint density at radius 2 is 1.93 bits per heavy atom. The minimum Gasteiger partial charge on any atom is -0.467 e. The van der Waals surface area contributed by atoms with Gasteiger partial charge >= 0.3 is 12.1 Å². The van der Waals surface area contributed by atoms with Gasteiger partial charge in [-0.2, -0.15) is 0 Å². The lowest BCUT2D eigenvalue weighted by atomic mass is 9.96. The van der Waals surface area contributed by atoms with Crippen molar-refractivity contribution in [3.63, 3.8) is 0 Å². The summed E-state index contributed by atoms with van der Waals surface area (Å²) in [6.45, 7) is 7.03. The fraction of sp³-hybridized carbons (Fsp3) is 0.476. The fourth-order valence-electron chi connectivity index (χ4n) is 3.58. The first kappa shape index (κ1) is 20.7. The topological polar surface area (TPSA) is 101 Å². The van der Waals surface area contributed by atoms with Gasteiger partial charge in [-0.1, -0.05) is 18.2 Å². The number of hydrogen-bond donors (Lipinski definition) is 2. The number of methoxy groups -OCH3 is 1. The molecule has 2 amide bonds. The lowest BCUT2D eigenvalue weighted by Gasteiger charge is -2.35. The van der Waals surface area contributed by atoms with Crippen LogP contribution in [0.2, 0.25) is 0 Å². The summed E-state index contributed by atoms with van der Waals surface area (Å²) in [5, 5.41) is 3.58. The number of carbonyl (C=O) groups is 3. The Morgan fingerprint density at radius 3 is 2.59 bits per heavy atom. The van der Waals surface area contributed by atoms with Crippen LogP contribution < -0.4 is 5.32 Å². The third-order valence-electron chi connectivity index (χ3n) is 4.86. The van der Waals surface area contributed by atoms with Crippen LogP contribution in [0.4, 0.5) is 4.79 Å². The van der Waals surface area contributed by atoms with Crippen molar-refractivity contribution in [2.45, 2.75) is 58.3 Å². The van der Waals surface area contributed by atoms with Gasteiger partial charge in [-0.15, -0.1) is 0 Å². The van der Waals surface area contributed by atoms with Crippen molar-refractivity contribution in [3.05, 3.63) is 35.5 Å². The molecular formula is C21H27N3O5. The van der Waals surface area contributed by atoms with Crippen LogP contribution in [-0.4, -0.2) is 52.6 Å². The van der Waals surface area contributed by atoms with Crippen LogP contribution in [0.25, 0.3) is 10.9 Å². The van der Waals surface area contributed by atoms with E-state index >= 15 is 0 Å². The molecule has 0 fully saturated rings. The van der Waals surface area contributed by atoms with Gasteiger partial charge in [0, 0.05) is 23.0 Å². The number of esters is 1. The van der Waals surface area contributed by atoms with Crippen molar-refractivity contribution in [3.8, 4) is 0 Å². The van der Waals surface area contributed by atoms with Crippen LogP contribution in [0.5, 0.6) is 0 Å². The monoisotopic (exact) mass is 401 g/mol. The zero-order valence-corrected chi connectivity index (χ0v) is 17.4. The number of para-hydroxylation sites is 1. The van der Waals surface area contributed by atoms with Gasteiger partial charge in [0.25, 0.3) is 0 Å². The number of carbonyl (C=O) groups excluding carboxylic acids is 3. The number of hydrogen-bond acceptors (Lipinski definition) is 5. The number of aromatic nitrogens is 1. The Balaban J connectivity index is 1.85. The van der Waals surface area contributed by atoms with Crippen LogP contribution >= 0.6 is 0 Å². The molecule has 0 aliphatic carbocycles. The number of nitrogens with zero attached hydrogens (tertiary/aromatic N) is 1. The zero-order chi connectivity index (χ0) is 21.3. The number of aromatic amines is 1. The summed E-state index contributed by atoms with van der Waals surface area (Å²) in [7, 11) is 1.30. The van der Waals surface area contributed by atoms with Crippen molar-refractivity contribution in [1.29, 1.82) is 0 Å². The van der Waals surface area contributed by atoms with E-state index in [2.05, 4.69) is 10.3 Å². The minimum absolute atomic E-state index is 0.225. The second-order valence-electron chi connectivity index (χ2n) is 8.20. The largest absolute Gasteiger partial charge is 0.467 e. The highest BCUT2D eigenvalue weighted by Crippen LogP contribution is 2.31. The van der Waals surface area contributed by atoms with Crippen LogP contribution in [-0.2, 0) is 32.0 Å². The molecule has 1 aromatic carbocycles. The first-order chi connectivity index (χ1) is 13.6. The summed E-state index contributed by atoms with van der Waals surface area (Å²) >= 11 is 0. The molecule has 2 atom stereocenters. The molecule has 29 heavy (non-hydrogen) atoms. The molecule has 156 valence electrons. The maximum absolute atomic E-state index is 13.1. The van der Waals surface area contributed by atoms with Crippen molar-refractivity contribution in [2.75, 3.05) is 7.11 Å². The molecular weight excluding hydrogens is 374 g/mol. The maximum atomic E-state index is 13.1. The zero-order valence-electron chi connectivity index (χ0n) is 17.4. The van der Waals surface area contributed by atoms with E-state index in [-0.39, 0.29) is 12.5 Å². The van der Waals surface area contributed by atoms with E-state index < -0.39 is 29.7 Å². The first-order valence-electron chi connectivity index (χ1n) is 9.57. The third-order valence-corrected chi connectivity index (χ3v) is 4.86. The predicted octanol–water partition coefficient (Wildman–Crippen LogP) is 2.51. The fourth-order valence-corrected chi connectivity index (χ4v) is 3.58. The normalized spacial score (nSPS) is 17.4. The highest BCUT2D eigenvalue weighted by atomic mass is 16.6. The number of amides is 2. The van der Waals surface area contributed by atoms with Crippen LogP contribution in [0.1, 0.15) is 39.0 Å². The number of ether oxygens (including phenoxy) is 2. The summed E-state index contributed by atoms with van der Waals surface area (Å²) < 4.78 is 10.2. The van der Waals surface area contributed by atoms with Crippen LogP contribution in [0, 0.1) is 0 Å². The third kappa shape index (κ3) is 4.36. The molecule has 1 aromatic heterocycles. The Kier molecular flexibility index (Phi) is 5.55. The molecule has 0 unspecified atom stereocenters. The van der Waals surface area contributed by atoms with Crippen LogP contribution in [0.15, 0.2) is 24.3 Å². The van der Waals surface area contributed by atoms with Crippen LogP contribution in [0.3, 0.4) is 0 Å². The van der Waals surface area contributed by atoms with Gasteiger partial charge in [-0.3, -0.25) is 4.79 Å². The molecule has 1 aliphatic rings. The van der Waals surface area contributed by atoms with E-state index in [4.69, 9.17) is 9.47 Å². The number of alkyl carbamates (subject to hydrolysis) is 1. The second-order valence-corrected chi connectivity index (χ2v) is 8.20. The molecule has 0 saturated heterocycles. The van der Waals surface area contributed by atoms with E-state index in [9.17, 15) is 14.4 Å². The average molecular weight is 401 g/mol. The van der Waals surface area contributed by atoms with E-state index in [1.807, 2.05) is 24.3 Å². The summed E-state index contributed by atoms with van der Waals surface area (Å²) in [6.07, 6.45) is -0.340. The smallest absolute Gasteiger partial charge is 0.408 e. The van der Waals surface area contributed by atoms with E-state index in [1.54, 1.807) is 27.7 Å². The van der Waals surface area contributed by atoms with E-state index in [0.29, 0.717) is 6.42 Å². The molecule has 2 aromatic rings. The van der Waals surface area contributed by atoms with E-state index in [1.165, 1.54) is 12.0 Å². The summed E-state index contributed by atoms with van der Waals surface area (Å²) in [6, 6.07) is 6.19. The molecule has 0 radical (unpaired) electrons. The van der Waals surface area contributed by atoms with Gasteiger partial charge < -0.3 is 24.7 Å². The van der Waals surface area contributed by atoms with Crippen molar-refractivity contribution >= 4 is 28.9 Å². The number of rotatable bonds is 3. The lowest BCUT2D eigenvalue weighted by molar-refractivity contribution is -0.154. The molecule has 0 saturated carbocycles. The van der Waals surface area contributed by atoms with Crippen molar-refractivity contribution in [2.24, 2.45) is 0 Å². The Morgan fingerprint density at radius 1 is 1.24 bits per heavy atom. The molecule has 1 aliphatic heterocycles. The van der Waals surface area contributed by atoms with Gasteiger partial charge in [0.2, 0.25) is 5.91 Å². The SMILES string of the molecule is COC(=O)[C@@H]1Cc2c([nH]c3ccccc23)CN1C(=O)[C@@H](C)NC(=O)OC(C)(C)C. The predicted molar refractivity (Wildman–Crippen MR) is 107 cm³/mol. The number of nitrogens with one attached hydrogen (secondary N) is 2. The molecule has 0 spiro atoms. The van der Waals surface area contributed by atoms with Gasteiger partial charge in [0.05, 0.1) is 13.7 Å². The molecule has 3 rings (SSSR count). The highest BCUT2D eigenvalue weighted by Gasteiger charge is 2.39. The Bertz CT molecular complexity index is 943. The van der Waals surface area contributed by atoms with Gasteiger partial charge in [-0.25, -0.2) is 9.59 Å². The summed E-state index contributed by atoms with van der Waals surface area (Å²) in [5.74, 6) is -0.866. The quantitative estimate of drug-likeness (QED) is 0.770. The molecule has 8 nitrogen and oxygen atoms in total. The average Bonchev–Trinajstić information content (AvgIpc) is 3.01. The molecule has 2 heterocycles. The lowest BCUT2D eigenvalue weighted by Crippen LogP contribution is -2.55. The maximum Gasteiger partial charge on any atom is 0.408 e. The number of fused-ring (bicyclic) bond motifs is 3. The molecule has 8 heteroatoms. The first-order valence-corrected chi connectivity index (χ1v) is 9.57. The summed E-state index contributed by atoms with van der Waals surface area (Å²) in [5.41, 5.74) is 2.17. The van der Waals surface area contributed by atoms with E-state index in [0.717, 1.165) is 22.2 Å².